The van der Waals surface area contributed by atoms with E-state index in [4.69, 9.17) is 4.42 Å². The molecule has 66 valence electrons. The van der Waals surface area contributed by atoms with Crippen LogP contribution in [0.2, 0.25) is 0 Å². The van der Waals surface area contributed by atoms with Crippen molar-refractivity contribution in [1.29, 1.82) is 0 Å². The minimum Gasteiger partial charge on any atom is -0.443 e. The molecule has 1 atom stereocenters. The molecular formula is C9H7FNOP. The lowest BCUT2D eigenvalue weighted by Gasteiger charge is -1.96. The smallest absolute Gasteiger partial charge is 0.182 e. The van der Waals surface area contributed by atoms with Crippen LogP contribution in [0.5, 0.6) is 0 Å². The van der Waals surface area contributed by atoms with Crippen LogP contribution >= 0.6 is 9.24 Å². The van der Waals surface area contributed by atoms with E-state index in [-0.39, 0.29) is 5.82 Å². The van der Waals surface area contributed by atoms with E-state index in [1.807, 2.05) is 0 Å². The second-order valence-corrected chi connectivity index (χ2v) is 3.12. The van der Waals surface area contributed by atoms with Crippen LogP contribution in [0, 0.1) is 5.82 Å². The van der Waals surface area contributed by atoms with Crippen molar-refractivity contribution < 1.29 is 8.81 Å². The van der Waals surface area contributed by atoms with Crippen LogP contribution in [0.3, 0.4) is 0 Å². The Labute approximate surface area is 77.0 Å². The van der Waals surface area contributed by atoms with Gasteiger partial charge in [0, 0.05) is 5.56 Å². The van der Waals surface area contributed by atoms with Crippen LogP contribution in [-0.4, -0.2) is 4.98 Å². The summed E-state index contributed by atoms with van der Waals surface area (Å²) < 4.78 is 17.7. The highest BCUT2D eigenvalue weighted by molar-refractivity contribution is 7.27. The predicted molar refractivity (Wildman–Crippen MR) is 51.2 cm³/mol. The molecule has 0 saturated heterocycles. The molecular weight excluding hydrogens is 188 g/mol. The molecule has 0 amide bonds. The van der Waals surface area contributed by atoms with E-state index < -0.39 is 0 Å². The van der Waals surface area contributed by atoms with Gasteiger partial charge in [0.25, 0.3) is 0 Å². The number of nitrogens with zero attached hydrogens (tertiary/aromatic N) is 1. The number of benzene rings is 1. The second-order valence-electron chi connectivity index (χ2n) is 2.57. The van der Waals surface area contributed by atoms with Crippen LogP contribution in [0.1, 0.15) is 0 Å². The first-order valence-electron chi connectivity index (χ1n) is 3.72. The molecule has 1 aromatic carbocycles. The zero-order valence-corrected chi connectivity index (χ0v) is 7.85. The van der Waals surface area contributed by atoms with E-state index in [9.17, 15) is 4.39 Å². The van der Waals surface area contributed by atoms with Gasteiger partial charge in [0.05, 0.1) is 0 Å². The number of hydrogen-bond acceptors (Lipinski definition) is 2. The van der Waals surface area contributed by atoms with Gasteiger partial charge in [0.1, 0.15) is 11.3 Å². The highest BCUT2D eigenvalue weighted by Gasteiger charge is 2.05. The maximum Gasteiger partial charge on any atom is 0.182 e. The molecule has 0 spiro atoms. The first-order chi connectivity index (χ1) is 6.27. The number of halogens is 1. The number of rotatable bonds is 1. The maximum absolute atomic E-state index is 12.6. The molecule has 0 aliphatic rings. The van der Waals surface area contributed by atoms with Crippen molar-refractivity contribution in [3.05, 3.63) is 36.5 Å². The Morgan fingerprint density at radius 3 is 2.46 bits per heavy atom. The Kier molecular flexibility index (Phi) is 2.11. The molecule has 0 N–H and O–H groups in total. The van der Waals surface area contributed by atoms with Crippen LogP contribution in [-0.2, 0) is 0 Å². The Bertz CT molecular complexity index is 410. The molecule has 13 heavy (non-hydrogen) atoms. The summed E-state index contributed by atoms with van der Waals surface area (Å²) in [5.41, 5.74) is 1.55. The zero-order valence-electron chi connectivity index (χ0n) is 6.70. The van der Waals surface area contributed by atoms with Gasteiger partial charge in [-0.15, -0.1) is 0 Å². The fraction of sp³-hybridized carbons (Fsp3) is 0. The van der Waals surface area contributed by atoms with E-state index in [0.29, 0.717) is 5.76 Å². The molecule has 0 bridgehead atoms. The molecule has 2 aromatic rings. The van der Waals surface area contributed by atoms with Gasteiger partial charge in [-0.2, -0.15) is 0 Å². The van der Waals surface area contributed by atoms with E-state index in [2.05, 4.69) is 14.2 Å². The highest BCUT2D eigenvalue weighted by Crippen LogP contribution is 2.18. The summed E-state index contributed by atoms with van der Waals surface area (Å²) in [6.07, 6.45) is 1.36. The molecule has 4 heteroatoms. The van der Waals surface area contributed by atoms with Crippen molar-refractivity contribution >= 4 is 14.7 Å². The summed E-state index contributed by atoms with van der Waals surface area (Å²) in [5, 5.41) is 0. The van der Waals surface area contributed by atoms with Crippen molar-refractivity contribution in [1.82, 2.24) is 4.98 Å². The third-order valence-electron chi connectivity index (χ3n) is 1.70. The molecule has 0 saturated carbocycles. The highest BCUT2D eigenvalue weighted by atomic mass is 31.0. The van der Waals surface area contributed by atoms with Gasteiger partial charge in [-0.1, -0.05) is 9.24 Å². The average Bonchev–Trinajstić information content (AvgIpc) is 2.53. The van der Waals surface area contributed by atoms with Gasteiger partial charge in [0.2, 0.25) is 0 Å². The molecule has 1 heterocycles. The predicted octanol–water partition coefficient (Wildman–Crippen LogP) is 1.98. The van der Waals surface area contributed by atoms with Crippen molar-refractivity contribution in [3.8, 4) is 11.3 Å². The maximum atomic E-state index is 12.6. The summed E-state index contributed by atoms with van der Waals surface area (Å²) in [5.74, 6) is 0.401. The first-order valence-corrected chi connectivity index (χ1v) is 4.30. The van der Waals surface area contributed by atoms with Crippen molar-refractivity contribution in [3.63, 3.8) is 0 Å². The zero-order chi connectivity index (χ0) is 9.26. The Hall–Kier alpha value is -1.21. The van der Waals surface area contributed by atoms with E-state index in [1.165, 1.54) is 18.5 Å². The first kappa shape index (κ1) is 8.39. The number of aromatic nitrogens is 1. The summed E-state index contributed by atoms with van der Waals surface area (Å²) in [6.45, 7) is 0. The molecule has 0 aliphatic heterocycles. The van der Waals surface area contributed by atoms with Gasteiger partial charge in [-0.3, -0.25) is 0 Å². The van der Waals surface area contributed by atoms with Gasteiger partial charge < -0.3 is 4.42 Å². The minimum atomic E-state index is -0.256. The minimum absolute atomic E-state index is 0.256. The lowest BCUT2D eigenvalue weighted by molar-refractivity contribution is 0.572. The fourth-order valence-corrected chi connectivity index (χ4v) is 1.37. The van der Waals surface area contributed by atoms with Crippen LogP contribution in [0.15, 0.2) is 35.1 Å². The SMILES string of the molecule is Fc1ccc(-c2ocnc2P)cc1. The molecule has 0 radical (unpaired) electrons. The third-order valence-corrected chi connectivity index (χ3v) is 2.11. The molecule has 0 aliphatic carbocycles. The Morgan fingerprint density at radius 2 is 1.92 bits per heavy atom. The van der Waals surface area contributed by atoms with Crippen molar-refractivity contribution in [2.45, 2.75) is 0 Å². The molecule has 2 nitrogen and oxygen atoms in total. The topological polar surface area (TPSA) is 26.0 Å². The van der Waals surface area contributed by atoms with Crippen LogP contribution in [0.4, 0.5) is 4.39 Å². The standard InChI is InChI=1S/C9H7FNOP/c10-7-3-1-6(2-4-7)8-9(13)11-5-12-8/h1-5H,13H2. The normalized spacial score (nSPS) is 10.3. The van der Waals surface area contributed by atoms with Gasteiger partial charge in [-0.05, 0) is 24.3 Å². The fourth-order valence-electron chi connectivity index (χ4n) is 1.07. The van der Waals surface area contributed by atoms with Gasteiger partial charge in [-0.25, -0.2) is 9.37 Å². The van der Waals surface area contributed by atoms with Crippen molar-refractivity contribution in [2.75, 3.05) is 0 Å². The van der Waals surface area contributed by atoms with E-state index in [0.717, 1.165) is 11.0 Å². The summed E-state index contributed by atoms with van der Waals surface area (Å²) in [6, 6.07) is 6.09. The number of oxazole rings is 1. The third kappa shape index (κ3) is 1.61. The summed E-state index contributed by atoms with van der Waals surface area (Å²) in [4.78, 5) is 3.92. The molecule has 0 fully saturated rings. The second kappa shape index (κ2) is 3.27. The van der Waals surface area contributed by atoms with Crippen LogP contribution in [0.25, 0.3) is 11.3 Å². The lowest BCUT2D eigenvalue weighted by Crippen LogP contribution is -1.93. The molecule has 1 unspecified atom stereocenters. The van der Waals surface area contributed by atoms with E-state index in [1.54, 1.807) is 12.1 Å². The van der Waals surface area contributed by atoms with Gasteiger partial charge >= 0.3 is 0 Å². The largest absolute Gasteiger partial charge is 0.443 e. The lowest BCUT2D eigenvalue weighted by atomic mass is 10.2. The summed E-state index contributed by atoms with van der Waals surface area (Å²) in [7, 11) is 2.46. The van der Waals surface area contributed by atoms with E-state index >= 15 is 0 Å². The van der Waals surface area contributed by atoms with Crippen molar-refractivity contribution in [2.24, 2.45) is 0 Å². The summed E-state index contributed by atoms with van der Waals surface area (Å²) >= 11 is 0. The number of hydrogen-bond donors (Lipinski definition) is 0. The molecule has 2 rings (SSSR count). The van der Waals surface area contributed by atoms with Gasteiger partial charge in [0.15, 0.2) is 12.2 Å². The molecule has 1 aromatic heterocycles. The average molecular weight is 195 g/mol. The quantitative estimate of drug-likeness (QED) is 0.650. The van der Waals surface area contributed by atoms with Crippen LogP contribution < -0.4 is 5.44 Å². The monoisotopic (exact) mass is 195 g/mol. The Morgan fingerprint density at radius 1 is 1.23 bits per heavy atom. The Balaban J connectivity index is 2.47.